The highest BCUT2D eigenvalue weighted by Crippen LogP contribution is 2.37. The minimum absolute atomic E-state index is 0.643. The maximum Gasteiger partial charge on any atom is 0.159 e. The molecular formula is C32H38F2O. The summed E-state index contributed by atoms with van der Waals surface area (Å²) in [5.74, 6) is 0.771. The minimum Gasteiger partial charge on any atom is -0.494 e. The van der Waals surface area contributed by atoms with Crippen molar-refractivity contribution in [2.45, 2.75) is 79.1 Å². The molecule has 4 rings (SSSR count). The molecule has 1 nitrogen and oxygen atoms in total. The van der Waals surface area contributed by atoms with Gasteiger partial charge in [-0.05, 0) is 134 Å². The molecule has 0 radical (unpaired) electrons. The zero-order valence-electron chi connectivity index (χ0n) is 21.8. The van der Waals surface area contributed by atoms with Gasteiger partial charge < -0.3 is 4.74 Å². The van der Waals surface area contributed by atoms with E-state index < -0.39 is 11.6 Å². The maximum atomic E-state index is 13.7. The van der Waals surface area contributed by atoms with Gasteiger partial charge in [-0.2, -0.15) is 0 Å². The maximum absolute atomic E-state index is 13.7. The summed E-state index contributed by atoms with van der Waals surface area (Å²) in [6.45, 7) is 11.5. The lowest BCUT2D eigenvalue weighted by Crippen LogP contribution is -2.12. The number of hydrogen-bond donors (Lipinski definition) is 0. The average molecular weight is 477 g/mol. The molecule has 0 amide bonds. The Hall–Kier alpha value is -2.68. The molecule has 0 heterocycles. The van der Waals surface area contributed by atoms with E-state index in [1.165, 1.54) is 60.1 Å². The van der Waals surface area contributed by atoms with Crippen molar-refractivity contribution in [3.63, 3.8) is 0 Å². The van der Waals surface area contributed by atoms with Crippen molar-refractivity contribution in [1.82, 2.24) is 0 Å². The first kappa shape index (κ1) is 25.4. The topological polar surface area (TPSA) is 9.23 Å². The smallest absolute Gasteiger partial charge is 0.159 e. The third kappa shape index (κ3) is 5.94. The minimum atomic E-state index is -0.826. The van der Waals surface area contributed by atoms with Crippen molar-refractivity contribution in [1.29, 1.82) is 0 Å². The van der Waals surface area contributed by atoms with Gasteiger partial charge in [0.2, 0.25) is 0 Å². The third-order valence-electron chi connectivity index (χ3n) is 7.76. The van der Waals surface area contributed by atoms with E-state index in [0.717, 1.165) is 47.1 Å². The van der Waals surface area contributed by atoms with Crippen LogP contribution in [0.15, 0.2) is 42.5 Å². The van der Waals surface area contributed by atoms with E-state index in [1.54, 1.807) is 6.07 Å². The average Bonchev–Trinajstić information content (AvgIpc) is 2.80. The van der Waals surface area contributed by atoms with Crippen molar-refractivity contribution < 1.29 is 13.5 Å². The van der Waals surface area contributed by atoms with Crippen LogP contribution in [0.4, 0.5) is 8.78 Å². The molecule has 186 valence electrons. The molecule has 0 atom stereocenters. The van der Waals surface area contributed by atoms with Gasteiger partial charge in [0.25, 0.3) is 0 Å². The van der Waals surface area contributed by atoms with Crippen LogP contribution >= 0.6 is 0 Å². The van der Waals surface area contributed by atoms with Gasteiger partial charge in [-0.3, -0.25) is 0 Å². The summed E-state index contributed by atoms with van der Waals surface area (Å²) in [6, 6.07) is 12.9. The van der Waals surface area contributed by atoms with Crippen LogP contribution in [0.3, 0.4) is 0 Å². The summed E-state index contributed by atoms with van der Waals surface area (Å²) < 4.78 is 33.2. The molecule has 0 bridgehead atoms. The Balaban J connectivity index is 1.37. The normalized spacial score (nSPS) is 18.0. The molecule has 3 heteroatoms. The van der Waals surface area contributed by atoms with Crippen LogP contribution in [-0.4, -0.2) is 6.61 Å². The van der Waals surface area contributed by atoms with Crippen LogP contribution in [0.5, 0.6) is 5.75 Å². The standard InChI is InChI=1S/C32H38F2O/c1-20-8-10-25(11-9-20)27-15-21(2)29(22(3)16-27)7-6-14-35-28-17-23(4)32(24(5)18-28)26-12-13-30(33)31(34)19-26/h12-13,15-20,25H,6-11,14H2,1-5H3. The second kappa shape index (κ2) is 10.9. The van der Waals surface area contributed by atoms with Gasteiger partial charge in [-0.15, -0.1) is 0 Å². The summed E-state index contributed by atoms with van der Waals surface area (Å²) in [4.78, 5) is 0. The Morgan fingerprint density at radius 1 is 0.771 bits per heavy atom. The van der Waals surface area contributed by atoms with E-state index in [9.17, 15) is 8.78 Å². The van der Waals surface area contributed by atoms with Gasteiger partial charge in [0, 0.05) is 0 Å². The Bertz CT molecular complexity index is 1140. The zero-order chi connectivity index (χ0) is 25.1. The number of halogens is 2. The molecule has 3 aromatic carbocycles. The monoisotopic (exact) mass is 476 g/mol. The first-order valence-corrected chi connectivity index (χ1v) is 13.0. The predicted molar refractivity (Wildman–Crippen MR) is 141 cm³/mol. The van der Waals surface area contributed by atoms with E-state index in [2.05, 4.69) is 32.9 Å². The molecule has 0 spiro atoms. The van der Waals surface area contributed by atoms with Gasteiger partial charge in [-0.1, -0.05) is 38.0 Å². The summed E-state index contributed by atoms with van der Waals surface area (Å²) in [5, 5.41) is 0. The third-order valence-corrected chi connectivity index (χ3v) is 7.76. The van der Waals surface area contributed by atoms with Gasteiger partial charge in [-0.25, -0.2) is 8.78 Å². The van der Waals surface area contributed by atoms with Crippen LogP contribution in [0.2, 0.25) is 0 Å². The van der Waals surface area contributed by atoms with Crippen LogP contribution < -0.4 is 4.74 Å². The lowest BCUT2D eigenvalue weighted by molar-refractivity contribution is 0.310. The largest absolute Gasteiger partial charge is 0.494 e. The number of ether oxygens (including phenoxy) is 1. The van der Waals surface area contributed by atoms with E-state index >= 15 is 0 Å². The lowest BCUT2D eigenvalue weighted by Gasteiger charge is -2.27. The van der Waals surface area contributed by atoms with Crippen molar-refractivity contribution in [2.75, 3.05) is 6.61 Å². The van der Waals surface area contributed by atoms with Gasteiger partial charge in [0.1, 0.15) is 5.75 Å². The SMILES string of the molecule is Cc1cc(C2CCC(C)CC2)cc(C)c1CCCOc1cc(C)c(-c2ccc(F)c(F)c2)c(C)c1. The molecule has 0 aliphatic heterocycles. The van der Waals surface area contributed by atoms with Crippen molar-refractivity contribution in [3.8, 4) is 16.9 Å². The second-order valence-corrected chi connectivity index (χ2v) is 10.6. The Kier molecular flexibility index (Phi) is 7.94. The number of hydrogen-bond acceptors (Lipinski definition) is 1. The van der Waals surface area contributed by atoms with Crippen molar-refractivity contribution in [2.24, 2.45) is 5.92 Å². The van der Waals surface area contributed by atoms with Crippen LogP contribution in [-0.2, 0) is 6.42 Å². The van der Waals surface area contributed by atoms with Crippen LogP contribution in [0.1, 0.15) is 78.3 Å². The molecule has 1 aliphatic carbocycles. The van der Waals surface area contributed by atoms with Crippen LogP contribution in [0, 0.1) is 45.2 Å². The quantitative estimate of drug-likeness (QED) is 0.309. The molecule has 1 fully saturated rings. The summed E-state index contributed by atoms with van der Waals surface area (Å²) in [5.41, 5.74) is 9.37. The fourth-order valence-corrected chi connectivity index (χ4v) is 5.80. The Morgan fingerprint density at radius 3 is 2.00 bits per heavy atom. The first-order valence-electron chi connectivity index (χ1n) is 13.0. The fourth-order valence-electron chi connectivity index (χ4n) is 5.80. The highest BCUT2D eigenvalue weighted by atomic mass is 19.2. The molecule has 0 N–H and O–H groups in total. The van der Waals surface area contributed by atoms with E-state index in [0.29, 0.717) is 12.2 Å². The first-order chi connectivity index (χ1) is 16.7. The van der Waals surface area contributed by atoms with Gasteiger partial charge in [0.15, 0.2) is 11.6 Å². The molecule has 0 unspecified atom stereocenters. The predicted octanol–water partition coefficient (Wildman–Crippen LogP) is 9.17. The molecule has 0 saturated heterocycles. The van der Waals surface area contributed by atoms with Crippen molar-refractivity contribution in [3.05, 3.63) is 87.5 Å². The Labute approximate surface area is 209 Å². The van der Waals surface area contributed by atoms with E-state index in [4.69, 9.17) is 4.74 Å². The highest BCUT2D eigenvalue weighted by molar-refractivity contribution is 5.72. The van der Waals surface area contributed by atoms with Crippen LogP contribution in [0.25, 0.3) is 11.1 Å². The molecular weight excluding hydrogens is 438 g/mol. The molecule has 3 aromatic rings. The fraction of sp³-hybridized carbons (Fsp3) is 0.438. The second-order valence-electron chi connectivity index (χ2n) is 10.6. The number of rotatable bonds is 7. The van der Waals surface area contributed by atoms with Gasteiger partial charge >= 0.3 is 0 Å². The Morgan fingerprint density at radius 2 is 1.40 bits per heavy atom. The molecule has 1 saturated carbocycles. The lowest BCUT2D eigenvalue weighted by atomic mass is 9.78. The van der Waals surface area contributed by atoms with Gasteiger partial charge in [0.05, 0.1) is 6.61 Å². The van der Waals surface area contributed by atoms with Crippen molar-refractivity contribution >= 4 is 0 Å². The summed E-state index contributed by atoms with van der Waals surface area (Å²) in [6.07, 6.45) is 7.29. The molecule has 0 aromatic heterocycles. The molecule has 35 heavy (non-hydrogen) atoms. The highest BCUT2D eigenvalue weighted by Gasteiger charge is 2.21. The van der Waals surface area contributed by atoms with E-state index in [-0.39, 0.29) is 0 Å². The summed E-state index contributed by atoms with van der Waals surface area (Å²) >= 11 is 0. The number of aryl methyl sites for hydroxylation is 4. The zero-order valence-corrected chi connectivity index (χ0v) is 21.8. The van der Waals surface area contributed by atoms with E-state index in [1.807, 2.05) is 26.0 Å². The summed E-state index contributed by atoms with van der Waals surface area (Å²) in [7, 11) is 0. The number of benzene rings is 3. The molecule has 1 aliphatic rings.